The number of nitrogens with zero attached hydrogens (tertiary/aromatic N) is 3. The first-order valence-corrected chi connectivity index (χ1v) is 7.91. The van der Waals surface area contributed by atoms with Gasteiger partial charge in [-0.15, -0.1) is 13.2 Å². The maximum absolute atomic E-state index is 12.0. The fourth-order valence-corrected chi connectivity index (χ4v) is 2.62. The molecule has 0 aliphatic heterocycles. The molecule has 0 unspecified atom stereocenters. The summed E-state index contributed by atoms with van der Waals surface area (Å²) in [4.78, 5) is 16.2. The minimum absolute atomic E-state index is 0.154. The van der Waals surface area contributed by atoms with Gasteiger partial charge in [0.05, 0.1) is 5.69 Å². The Hall–Kier alpha value is -1.85. The van der Waals surface area contributed by atoms with Gasteiger partial charge in [-0.05, 0) is 34.0 Å². The second-order valence-corrected chi connectivity index (χ2v) is 6.03. The molecule has 0 bridgehead atoms. The molecule has 0 radical (unpaired) electrons. The van der Waals surface area contributed by atoms with E-state index in [0.29, 0.717) is 25.3 Å². The first-order valence-electron chi connectivity index (χ1n) is 7.91. The number of pyridine rings is 1. The van der Waals surface area contributed by atoms with Crippen molar-refractivity contribution in [1.29, 1.82) is 0 Å². The zero-order valence-electron chi connectivity index (χ0n) is 14.6. The fraction of sp³-hybridized carbons (Fsp3) is 0.500. The average molecular weight is 319 g/mol. The normalized spacial score (nSPS) is 11.2. The summed E-state index contributed by atoms with van der Waals surface area (Å²) in [6.07, 6.45) is 4.57. The smallest absolute Gasteiger partial charge is 0.223 e. The molecule has 5 nitrogen and oxygen atoms in total. The highest BCUT2D eigenvalue weighted by Crippen LogP contribution is 2.17. The van der Waals surface area contributed by atoms with E-state index < -0.39 is 0 Å². The van der Waals surface area contributed by atoms with Crippen LogP contribution in [0.4, 0.5) is 0 Å². The van der Waals surface area contributed by atoms with Crippen LogP contribution >= 0.6 is 0 Å². The highest BCUT2D eigenvalue weighted by molar-refractivity contribution is 5.30. The Bertz CT molecular complexity index is 581. The van der Waals surface area contributed by atoms with Crippen LogP contribution in [0, 0.1) is 6.92 Å². The van der Waals surface area contributed by atoms with E-state index in [1.807, 2.05) is 37.7 Å². The number of hydrogen-bond donors (Lipinski definition) is 1. The van der Waals surface area contributed by atoms with Gasteiger partial charge in [0, 0.05) is 37.9 Å². The molecular formula is C18H29N3O2. The van der Waals surface area contributed by atoms with Crippen LogP contribution in [0.25, 0.3) is 0 Å². The maximum atomic E-state index is 12.0. The minimum atomic E-state index is -0.321. The summed E-state index contributed by atoms with van der Waals surface area (Å²) in [7, 11) is 4.07. The Morgan fingerprint density at radius 1 is 1.26 bits per heavy atom. The van der Waals surface area contributed by atoms with Crippen LogP contribution in [0.1, 0.15) is 17.8 Å². The van der Waals surface area contributed by atoms with E-state index in [1.165, 1.54) is 6.07 Å². The molecule has 23 heavy (non-hydrogen) atoms. The van der Waals surface area contributed by atoms with Crippen molar-refractivity contribution >= 4 is 0 Å². The topological polar surface area (TPSA) is 48.7 Å². The largest absolute Gasteiger partial charge is 0.503 e. The predicted molar refractivity (Wildman–Crippen MR) is 95.9 cm³/mol. The highest BCUT2D eigenvalue weighted by atomic mass is 16.3. The van der Waals surface area contributed by atoms with Crippen molar-refractivity contribution < 1.29 is 5.11 Å². The predicted octanol–water partition coefficient (Wildman–Crippen LogP) is 1.99. The Labute approximate surface area is 139 Å². The van der Waals surface area contributed by atoms with Gasteiger partial charge in [-0.25, -0.2) is 0 Å². The van der Waals surface area contributed by atoms with Crippen LogP contribution < -0.4 is 5.43 Å². The average Bonchev–Trinajstić information content (AvgIpc) is 2.47. The second kappa shape index (κ2) is 9.33. The molecule has 0 aliphatic rings. The molecule has 1 heterocycles. The lowest BCUT2D eigenvalue weighted by atomic mass is 10.2. The first kappa shape index (κ1) is 19.2. The summed E-state index contributed by atoms with van der Waals surface area (Å²) in [6.45, 7) is 13.0. The third kappa shape index (κ3) is 5.69. The molecule has 1 N–H and O–H groups in total. The monoisotopic (exact) mass is 319 g/mol. The van der Waals surface area contributed by atoms with Gasteiger partial charge >= 0.3 is 0 Å². The van der Waals surface area contributed by atoms with Gasteiger partial charge < -0.3 is 14.6 Å². The van der Waals surface area contributed by atoms with Gasteiger partial charge in [0.15, 0.2) is 5.75 Å². The third-order valence-electron chi connectivity index (χ3n) is 3.73. The van der Waals surface area contributed by atoms with E-state index in [1.54, 1.807) is 0 Å². The SMILES string of the molecule is C=CCN(CC=C)Cc1c(O)c(=O)cc(C)n1CCCN(C)C. The molecule has 0 spiro atoms. The molecule has 0 aliphatic carbocycles. The maximum Gasteiger partial charge on any atom is 0.223 e. The van der Waals surface area contributed by atoms with Gasteiger partial charge in [-0.3, -0.25) is 9.69 Å². The standard InChI is InChI=1S/C18H29N3O2/c1-6-9-20(10-7-2)14-16-18(23)17(22)13-15(3)21(16)12-8-11-19(4)5/h6-7,13,23H,1-2,8-12,14H2,3-5H3. The van der Waals surface area contributed by atoms with E-state index in [-0.39, 0.29) is 11.2 Å². The molecule has 0 saturated heterocycles. The molecule has 0 aromatic carbocycles. The number of aromatic hydroxyl groups is 1. The first-order chi connectivity index (χ1) is 10.9. The van der Waals surface area contributed by atoms with Crippen LogP contribution in [0.15, 0.2) is 36.2 Å². The van der Waals surface area contributed by atoms with Crippen molar-refractivity contribution in [2.75, 3.05) is 33.7 Å². The van der Waals surface area contributed by atoms with Crippen LogP contribution in [-0.2, 0) is 13.1 Å². The van der Waals surface area contributed by atoms with Crippen LogP contribution in [0.3, 0.4) is 0 Å². The van der Waals surface area contributed by atoms with Crippen LogP contribution in [0.5, 0.6) is 5.75 Å². The molecule has 0 atom stereocenters. The molecule has 0 saturated carbocycles. The summed E-state index contributed by atoms with van der Waals surface area (Å²) in [6, 6.07) is 1.50. The van der Waals surface area contributed by atoms with Crippen LogP contribution in [0.2, 0.25) is 0 Å². The summed E-state index contributed by atoms with van der Waals surface area (Å²) in [5, 5.41) is 10.3. The Morgan fingerprint density at radius 2 is 1.87 bits per heavy atom. The van der Waals surface area contributed by atoms with Gasteiger partial charge in [-0.2, -0.15) is 0 Å². The Kier molecular flexibility index (Phi) is 7.78. The summed E-state index contributed by atoms with van der Waals surface area (Å²) < 4.78 is 2.04. The van der Waals surface area contributed by atoms with Crippen molar-refractivity contribution in [3.63, 3.8) is 0 Å². The van der Waals surface area contributed by atoms with Crippen molar-refractivity contribution in [3.05, 3.63) is 53.0 Å². The van der Waals surface area contributed by atoms with Gasteiger partial charge in [0.1, 0.15) is 0 Å². The lowest BCUT2D eigenvalue weighted by Crippen LogP contribution is -2.28. The summed E-state index contributed by atoms with van der Waals surface area (Å²) in [5.74, 6) is -0.154. The molecule has 0 fully saturated rings. The van der Waals surface area contributed by atoms with Gasteiger partial charge in [0.25, 0.3) is 0 Å². The molecule has 128 valence electrons. The summed E-state index contributed by atoms with van der Waals surface area (Å²) in [5.41, 5.74) is 1.22. The quantitative estimate of drug-likeness (QED) is 0.670. The zero-order chi connectivity index (χ0) is 17.4. The molecule has 5 heteroatoms. The number of aryl methyl sites for hydroxylation is 1. The molecule has 1 aromatic rings. The molecular weight excluding hydrogens is 290 g/mol. The van der Waals surface area contributed by atoms with Crippen molar-refractivity contribution in [2.24, 2.45) is 0 Å². The minimum Gasteiger partial charge on any atom is -0.503 e. The summed E-state index contributed by atoms with van der Waals surface area (Å²) >= 11 is 0. The number of rotatable bonds is 10. The molecule has 0 amide bonds. The van der Waals surface area contributed by atoms with Crippen LogP contribution in [-0.4, -0.2) is 53.2 Å². The molecule has 1 aromatic heterocycles. The van der Waals surface area contributed by atoms with Crippen molar-refractivity contribution in [2.45, 2.75) is 26.4 Å². The lowest BCUT2D eigenvalue weighted by Gasteiger charge is -2.24. The highest BCUT2D eigenvalue weighted by Gasteiger charge is 2.15. The van der Waals surface area contributed by atoms with Gasteiger partial charge in [-0.1, -0.05) is 12.2 Å². The lowest BCUT2D eigenvalue weighted by molar-refractivity contribution is 0.302. The second-order valence-electron chi connectivity index (χ2n) is 6.03. The Morgan fingerprint density at radius 3 is 2.39 bits per heavy atom. The van der Waals surface area contributed by atoms with E-state index in [9.17, 15) is 9.90 Å². The van der Waals surface area contributed by atoms with E-state index in [2.05, 4.69) is 23.0 Å². The third-order valence-corrected chi connectivity index (χ3v) is 3.73. The number of hydrogen-bond acceptors (Lipinski definition) is 4. The molecule has 1 rings (SSSR count). The van der Waals surface area contributed by atoms with E-state index in [0.717, 1.165) is 25.2 Å². The van der Waals surface area contributed by atoms with Crippen molar-refractivity contribution in [1.82, 2.24) is 14.4 Å². The Balaban J connectivity index is 3.12. The number of aromatic nitrogens is 1. The van der Waals surface area contributed by atoms with E-state index in [4.69, 9.17) is 0 Å². The van der Waals surface area contributed by atoms with Gasteiger partial charge in [0.2, 0.25) is 5.43 Å². The van der Waals surface area contributed by atoms with E-state index >= 15 is 0 Å². The fourth-order valence-electron chi connectivity index (χ4n) is 2.62. The zero-order valence-corrected chi connectivity index (χ0v) is 14.6. The van der Waals surface area contributed by atoms with Crippen molar-refractivity contribution in [3.8, 4) is 5.75 Å².